The summed E-state index contributed by atoms with van der Waals surface area (Å²) in [5.74, 6) is 1.61. The first-order valence-corrected chi connectivity index (χ1v) is 8.72. The van der Waals surface area contributed by atoms with Crippen LogP contribution in [-0.2, 0) is 13.1 Å². The van der Waals surface area contributed by atoms with Gasteiger partial charge in [0, 0.05) is 26.2 Å². The predicted octanol–water partition coefficient (Wildman–Crippen LogP) is 4.16. The van der Waals surface area contributed by atoms with E-state index < -0.39 is 0 Å². The summed E-state index contributed by atoms with van der Waals surface area (Å²) in [6.07, 6.45) is 0. The van der Waals surface area contributed by atoms with Crippen molar-refractivity contribution in [3.8, 4) is 5.75 Å². The minimum atomic E-state index is -0.372. The Bertz CT molecular complexity index is 749. The van der Waals surface area contributed by atoms with Gasteiger partial charge in [-0.2, -0.15) is 0 Å². The minimum Gasteiger partial charge on any atom is -0.494 e. The van der Waals surface area contributed by atoms with Crippen LogP contribution in [0.1, 0.15) is 43.7 Å². The molecule has 0 aliphatic carbocycles. The summed E-state index contributed by atoms with van der Waals surface area (Å²) in [6, 6.07) is 6.87. The second kappa shape index (κ2) is 11.1. The number of hydrogen-bond acceptors (Lipinski definition) is 4. The summed E-state index contributed by atoms with van der Waals surface area (Å²) in [4.78, 5) is 6.52. The highest BCUT2D eigenvalue weighted by Gasteiger charge is 2.11. The molecule has 1 N–H and O–H groups in total. The van der Waals surface area contributed by atoms with Crippen LogP contribution in [0.25, 0.3) is 0 Å². The van der Waals surface area contributed by atoms with Crippen LogP contribution in [0.5, 0.6) is 5.75 Å². The second-order valence-corrected chi connectivity index (χ2v) is 6.37. The van der Waals surface area contributed by atoms with E-state index in [2.05, 4.69) is 29.3 Å². The molecule has 0 unspecified atom stereocenters. The van der Waals surface area contributed by atoms with E-state index in [9.17, 15) is 4.39 Å². The molecule has 0 aliphatic heterocycles. The van der Waals surface area contributed by atoms with Gasteiger partial charge in [0.1, 0.15) is 6.54 Å². The van der Waals surface area contributed by atoms with Crippen LogP contribution in [0.15, 0.2) is 33.8 Å². The van der Waals surface area contributed by atoms with Crippen LogP contribution >= 0.6 is 24.0 Å². The first kappa shape index (κ1) is 23.2. The lowest BCUT2D eigenvalue weighted by atomic mass is 10.1. The Morgan fingerprint density at radius 1 is 1.37 bits per heavy atom. The molecule has 2 aromatic rings. The summed E-state index contributed by atoms with van der Waals surface area (Å²) in [5.41, 5.74) is 1.75. The average Bonchev–Trinajstić information content (AvgIpc) is 3.08. The number of methoxy groups -OCH3 is 1. The Kier molecular flexibility index (Phi) is 9.54. The zero-order chi connectivity index (χ0) is 19.1. The van der Waals surface area contributed by atoms with Gasteiger partial charge in [-0.15, -0.1) is 24.0 Å². The smallest absolute Gasteiger partial charge is 0.194 e. The van der Waals surface area contributed by atoms with Crippen LogP contribution in [0, 0.1) is 5.82 Å². The monoisotopic (exact) mass is 490 g/mol. The van der Waals surface area contributed by atoms with Gasteiger partial charge < -0.3 is 19.5 Å². The summed E-state index contributed by atoms with van der Waals surface area (Å²) >= 11 is 0. The van der Waals surface area contributed by atoms with Crippen molar-refractivity contribution >= 4 is 29.9 Å². The van der Waals surface area contributed by atoms with Gasteiger partial charge in [-0.1, -0.05) is 25.1 Å². The predicted molar refractivity (Wildman–Crippen MR) is 115 cm³/mol. The normalized spacial score (nSPS) is 11.3. The number of aliphatic imine (C=N–C) groups is 1. The lowest BCUT2D eigenvalue weighted by Crippen LogP contribution is -2.38. The maximum absolute atomic E-state index is 13.9. The molecule has 0 atom stereocenters. The standard InChI is InChI=1S/C19H27FN4O2.HI/c1-6-21-19(22-11-15-10-17(13(2)3)23-26-15)24(4)12-14-7-8-18(25-5)16(20)9-14;/h7-10,13H,6,11-12H2,1-5H3,(H,21,22);1H. The van der Waals surface area contributed by atoms with Gasteiger partial charge in [0.15, 0.2) is 23.3 Å². The molecule has 1 heterocycles. The Labute approximate surface area is 177 Å². The summed E-state index contributed by atoms with van der Waals surface area (Å²) in [5, 5.41) is 7.28. The fraction of sp³-hybridized carbons (Fsp3) is 0.474. The molecule has 0 saturated carbocycles. The van der Waals surface area contributed by atoms with Gasteiger partial charge in [0.05, 0.1) is 12.8 Å². The molecule has 150 valence electrons. The molecule has 0 saturated heterocycles. The van der Waals surface area contributed by atoms with Crippen molar-refractivity contribution in [1.29, 1.82) is 0 Å². The molecular weight excluding hydrogens is 462 g/mol. The molecular formula is C19H28FIN4O2. The number of guanidine groups is 1. The molecule has 27 heavy (non-hydrogen) atoms. The van der Waals surface area contributed by atoms with E-state index in [0.717, 1.165) is 17.8 Å². The average molecular weight is 490 g/mol. The highest BCUT2D eigenvalue weighted by Crippen LogP contribution is 2.19. The SMILES string of the molecule is CCNC(=NCc1cc(C(C)C)no1)N(C)Cc1ccc(OC)c(F)c1.I. The molecule has 1 aromatic carbocycles. The van der Waals surface area contributed by atoms with Crippen LogP contribution in [0.4, 0.5) is 4.39 Å². The fourth-order valence-electron chi connectivity index (χ4n) is 2.46. The Morgan fingerprint density at radius 3 is 2.67 bits per heavy atom. The van der Waals surface area contributed by atoms with Crippen molar-refractivity contribution in [1.82, 2.24) is 15.4 Å². The van der Waals surface area contributed by atoms with Crippen LogP contribution in [-0.4, -0.2) is 36.7 Å². The van der Waals surface area contributed by atoms with Crippen LogP contribution < -0.4 is 10.1 Å². The van der Waals surface area contributed by atoms with Crippen molar-refractivity contribution in [3.05, 3.63) is 47.1 Å². The molecule has 2 rings (SSSR count). The maximum Gasteiger partial charge on any atom is 0.194 e. The van der Waals surface area contributed by atoms with E-state index in [1.807, 2.05) is 31.0 Å². The number of nitrogens with one attached hydrogen (secondary N) is 1. The third kappa shape index (κ3) is 6.67. The van der Waals surface area contributed by atoms with Crippen molar-refractivity contribution in [3.63, 3.8) is 0 Å². The fourth-order valence-corrected chi connectivity index (χ4v) is 2.46. The molecule has 0 spiro atoms. The van der Waals surface area contributed by atoms with E-state index in [1.165, 1.54) is 13.2 Å². The molecule has 0 aliphatic rings. The zero-order valence-electron chi connectivity index (χ0n) is 16.5. The second-order valence-electron chi connectivity index (χ2n) is 6.37. The van der Waals surface area contributed by atoms with Crippen LogP contribution in [0.2, 0.25) is 0 Å². The first-order valence-electron chi connectivity index (χ1n) is 8.72. The van der Waals surface area contributed by atoms with Crippen LogP contribution in [0.3, 0.4) is 0 Å². The van der Waals surface area contributed by atoms with Gasteiger partial charge in [-0.3, -0.25) is 0 Å². The molecule has 6 nitrogen and oxygen atoms in total. The number of benzene rings is 1. The van der Waals surface area contributed by atoms with Gasteiger partial charge >= 0.3 is 0 Å². The number of aromatic nitrogens is 1. The van der Waals surface area contributed by atoms with Gasteiger partial charge in [-0.05, 0) is 30.5 Å². The summed E-state index contributed by atoms with van der Waals surface area (Å²) in [6.45, 7) is 7.77. The minimum absolute atomic E-state index is 0. The van der Waals surface area contributed by atoms with Gasteiger partial charge in [-0.25, -0.2) is 9.38 Å². The number of halogens is 2. The van der Waals surface area contributed by atoms with E-state index in [-0.39, 0.29) is 35.5 Å². The Hall–Kier alpha value is -1.84. The van der Waals surface area contributed by atoms with Crippen molar-refractivity contribution in [2.45, 2.75) is 39.8 Å². The number of nitrogens with zero attached hydrogens (tertiary/aromatic N) is 3. The zero-order valence-corrected chi connectivity index (χ0v) is 18.8. The summed E-state index contributed by atoms with van der Waals surface area (Å²) in [7, 11) is 3.36. The largest absolute Gasteiger partial charge is 0.494 e. The third-order valence-corrected chi connectivity index (χ3v) is 3.89. The lowest BCUT2D eigenvalue weighted by molar-refractivity contribution is 0.375. The lowest BCUT2D eigenvalue weighted by Gasteiger charge is -2.22. The molecule has 0 amide bonds. The van der Waals surface area contributed by atoms with Gasteiger partial charge in [0.2, 0.25) is 0 Å². The highest BCUT2D eigenvalue weighted by atomic mass is 127. The number of rotatable bonds is 7. The van der Waals surface area contributed by atoms with Crippen molar-refractivity contribution in [2.75, 3.05) is 20.7 Å². The van der Waals surface area contributed by atoms with E-state index in [0.29, 0.717) is 30.7 Å². The summed E-state index contributed by atoms with van der Waals surface area (Å²) < 4.78 is 24.2. The molecule has 0 bridgehead atoms. The molecule has 0 radical (unpaired) electrons. The van der Waals surface area contributed by atoms with E-state index >= 15 is 0 Å². The topological polar surface area (TPSA) is 62.9 Å². The first-order chi connectivity index (χ1) is 12.4. The third-order valence-electron chi connectivity index (χ3n) is 3.89. The maximum atomic E-state index is 13.9. The van der Waals surface area contributed by atoms with Crippen molar-refractivity contribution < 1.29 is 13.7 Å². The van der Waals surface area contributed by atoms with Gasteiger partial charge in [0.25, 0.3) is 0 Å². The van der Waals surface area contributed by atoms with Crippen molar-refractivity contribution in [2.24, 2.45) is 4.99 Å². The van der Waals surface area contributed by atoms with E-state index in [1.54, 1.807) is 6.07 Å². The number of ether oxygens (including phenoxy) is 1. The molecule has 8 heteroatoms. The molecule has 1 aromatic heterocycles. The quantitative estimate of drug-likeness (QED) is 0.359. The molecule has 0 fully saturated rings. The Morgan fingerprint density at radius 2 is 2.11 bits per heavy atom. The van der Waals surface area contributed by atoms with E-state index in [4.69, 9.17) is 9.26 Å². The Balaban J connectivity index is 0.00000364. The number of hydrogen-bond donors (Lipinski definition) is 1. The highest BCUT2D eigenvalue weighted by molar-refractivity contribution is 14.0.